The molecule has 18 heavy (non-hydrogen) atoms. The number of carbonyl (C=O) groups excluding carboxylic acids is 1. The van der Waals surface area contributed by atoms with E-state index in [-0.39, 0.29) is 12.5 Å². The van der Waals surface area contributed by atoms with Gasteiger partial charge in [-0.05, 0) is 6.92 Å². The molecule has 100 valence electrons. The van der Waals surface area contributed by atoms with Crippen molar-refractivity contribution < 1.29 is 14.3 Å². The minimum absolute atomic E-state index is 0.0739. The van der Waals surface area contributed by atoms with Crippen LogP contribution in [0, 0.1) is 6.92 Å². The maximum absolute atomic E-state index is 11.0. The first-order valence-corrected chi connectivity index (χ1v) is 5.55. The number of carbonyl (C=O) groups is 1. The lowest BCUT2D eigenvalue weighted by Crippen LogP contribution is -2.17. The van der Waals surface area contributed by atoms with E-state index in [2.05, 4.69) is 25.3 Å². The summed E-state index contributed by atoms with van der Waals surface area (Å²) >= 11 is 0. The van der Waals surface area contributed by atoms with Crippen molar-refractivity contribution in [2.75, 3.05) is 44.5 Å². The number of ether oxygens (including phenoxy) is 2. The zero-order valence-corrected chi connectivity index (χ0v) is 10.8. The van der Waals surface area contributed by atoms with Gasteiger partial charge < -0.3 is 20.1 Å². The van der Waals surface area contributed by atoms with Crippen LogP contribution in [-0.4, -0.2) is 49.9 Å². The fourth-order valence-corrected chi connectivity index (χ4v) is 1.26. The van der Waals surface area contributed by atoms with Crippen LogP contribution in [0.1, 0.15) is 5.82 Å². The summed E-state index contributed by atoms with van der Waals surface area (Å²) < 4.78 is 9.47. The highest BCUT2D eigenvalue weighted by Gasteiger charge is 2.04. The third-order valence-corrected chi connectivity index (χ3v) is 2.09. The van der Waals surface area contributed by atoms with E-state index in [9.17, 15) is 4.79 Å². The molecule has 2 N–H and O–H groups in total. The molecule has 1 rings (SSSR count). The van der Waals surface area contributed by atoms with Crippen LogP contribution in [0.5, 0.6) is 0 Å². The van der Waals surface area contributed by atoms with E-state index in [0.29, 0.717) is 30.6 Å². The van der Waals surface area contributed by atoms with Gasteiger partial charge in [-0.1, -0.05) is 0 Å². The lowest BCUT2D eigenvalue weighted by atomic mass is 10.4. The number of nitrogens with zero attached hydrogens (tertiary/aromatic N) is 2. The molecule has 0 aromatic carbocycles. The number of rotatable bonds is 7. The summed E-state index contributed by atoms with van der Waals surface area (Å²) in [5, 5.41) is 5.97. The molecule has 1 heterocycles. The van der Waals surface area contributed by atoms with Gasteiger partial charge in [-0.15, -0.1) is 0 Å². The molecule has 0 radical (unpaired) electrons. The second-order valence-electron chi connectivity index (χ2n) is 3.53. The van der Waals surface area contributed by atoms with Gasteiger partial charge in [0, 0.05) is 19.7 Å². The predicted octanol–water partition coefficient (Wildman–Crippen LogP) is 0.428. The molecule has 0 fully saturated rings. The zero-order valence-electron chi connectivity index (χ0n) is 10.8. The van der Waals surface area contributed by atoms with Crippen LogP contribution in [0.15, 0.2) is 6.07 Å². The van der Waals surface area contributed by atoms with Crippen molar-refractivity contribution >= 4 is 17.6 Å². The van der Waals surface area contributed by atoms with Crippen molar-refractivity contribution in [3.05, 3.63) is 11.9 Å². The maximum Gasteiger partial charge on any atom is 0.325 e. The molecule has 0 saturated heterocycles. The van der Waals surface area contributed by atoms with E-state index in [4.69, 9.17) is 4.74 Å². The van der Waals surface area contributed by atoms with Gasteiger partial charge in [0.05, 0.1) is 13.7 Å². The Kier molecular flexibility index (Phi) is 5.86. The minimum atomic E-state index is -0.347. The third kappa shape index (κ3) is 4.96. The molecule has 1 aromatic rings. The van der Waals surface area contributed by atoms with Crippen LogP contribution >= 0.6 is 0 Å². The van der Waals surface area contributed by atoms with E-state index < -0.39 is 0 Å². The first-order chi connectivity index (χ1) is 8.65. The normalized spacial score (nSPS) is 9.94. The fourth-order valence-electron chi connectivity index (χ4n) is 1.26. The molecule has 0 aliphatic rings. The predicted molar refractivity (Wildman–Crippen MR) is 67.6 cm³/mol. The van der Waals surface area contributed by atoms with Crippen molar-refractivity contribution in [1.29, 1.82) is 0 Å². The quantitative estimate of drug-likeness (QED) is 0.539. The van der Waals surface area contributed by atoms with E-state index in [1.807, 2.05) is 0 Å². The monoisotopic (exact) mass is 254 g/mol. The Morgan fingerprint density at radius 1 is 1.28 bits per heavy atom. The topological polar surface area (TPSA) is 85.4 Å². The Bertz CT molecular complexity index is 398. The molecule has 0 atom stereocenters. The average molecular weight is 254 g/mol. The minimum Gasteiger partial charge on any atom is -0.468 e. The molecule has 0 aliphatic heterocycles. The van der Waals surface area contributed by atoms with Gasteiger partial charge in [-0.2, -0.15) is 0 Å². The molecule has 0 saturated carbocycles. The van der Waals surface area contributed by atoms with Crippen molar-refractivity contribution in [2.45, 2.75) is 6.92 Å². The molecule has 0 bridgehead atoms. The molecule has 0 aliphatic carbocycles. The Hall–Kier alpha value is -1.89. The maximum atomic E-state index is 11.0. The summed E-state index contributed by atoms with van der Waals surface area (Å²) in [6.45, 7) is 3.10. The molecule has 1 aromatic heterocycles. The smallest absolute Gasteiger partial charge is 0.325 e. The van der Waals surface area contributed by atoms with Crippen molar-refractivity contribution in [3.8, 4) is 0 Å². The van der Waals surface area contributed by atoms with Gasteiger partial charge in [0.15, 0.2) is 0 Å². The van der Waals surface area contributed by atoms with Gasteiger partial charge in [0.25, 0.3) is 0 Å². The first-order valence-electron chi connectivity index (χ1n) is 5.55. The summed E-state index contributed by atoms with van der Waals surface area (Å²) in [6, 6.07) is 1.73. The lowest BCUT2D eigenvalue weighted by molar-refractivity contribution is -0.138. The highest BCUT2D eigenvalue weighted by Crippen LogP contribution is 2.10. The van der Waals surface area contributed by atoms with Gasteiger partial charge in [0.2, 0.25) is 0 Å². The fraction of sp³-hybridized carbons (Fsp3) is 0.545. The van der Waals surface area contributed by atoms with Gasteiger partial charge in [-0.25, -0.2) is 9.97 Å². The Morgan fingerprint density at radius 2 is 1.94 bits per heavy atom. The van der Waals surface area contributed by atoms with E-state index in [1.54, 1.807) is 20.1 Å². The summed E-state index contributed by atoms with van der Waals surface area (Å²) in [4.78, 5) is 19.4. The Morgan fingerprint density at radius 3 is 2.56 bits per heavy atom. The molecular formula is C11H18N4O3. The second-order valence-corrected chi connectivity index (χ2v) is 3.53. The number of anilines is 2. The van der Waals surface area contributed by atoms with E-state index >= 15 is 0 Å². The Balaban J connectivity index is 2.59. The number of hydrogen-bond donors (Lipinski definition) is 2. The van der Waals surface area contributed by atoms with Crippen LogP contribution in [0.2, 0.25) is 0 Å². The summed E-state index contributed by atoms with van der Waals surface area (Å²) in [5.41, 5.74) is 0. The SMILES string of the molecule is COCCNc1cc(NCC(=O)OC)nc(C)n1. The van der Waals surface area contributed by atoms with Crippen LogP contribution in [0.25, 0.3) is 0 Å². The number of aromatic nitrogens is 2. The molecular weight excluding hydrogens is 236 g/mol. The average Bonchev–Trinajstić information content (AvgIpc) is 2.35. The zero-order chi connectivity index (χ0) is 13.4. The summed E-state index contributed by atoms with van der Waals surface area (Å²) in [7, 11) is 2.98. The highest BCUT2D eigenvalue weighted by molar-refractivity contribution is 5.74. The van der Waals surface area contributed by atoms with E-state index in [0.717, 1.165) is 0 Å². The number of methoxy groups -OCH3 is 2. The highest BCUT2D eigenvalue weighted by atomic mass is 16.5. The summed E-state index contributed by atoms with van der Waals surface area (Å²) in [5.74, 6) is 1.53. The molecule has 0 spiro atoms. The molecule has 0 amide bonds. The van der Waals surface area contributed by atoms with Gasteiger partial charge >= 0.3 is 5.97 Å². The number of hydrogen-bond acceptors (Lipinski definition) is 7. The largest absolute Gasteiger partial charge is 0.468 e. The summed E-state index contributed by atoms with van der Waals surface area (Å²) in [6.07, 6.45) is 0. The van der Waals surface area contributed by atoms with Crippen LogP contribution in [-0.2, 0) is 14.3 Å². The third-order valence-electron chi connectivity index (χ3n) is 2.09. The van der Waals surface area contributed by atoms with Gasteiger partial charge in [0.1, 0.15) is 24.0 Å². The van der Waals surface area contributed by atoms with Crippen molar-refractivity contribution in [2.24, 2.45) is 0 Å². The van der Waals surface area contributed by atoms with Crippen LogP contribution < -0.4 is 10.6 Å². The number of aryl methyl sites for hydroxylation is 1. The van der Waals surface area contributed by atoms with E-state index in [1.165, 1.54) is 7.11 Å². The first kappa shape index (κ1) is 14.2. The molecule has 7 heteroatoms. The van der Waals surface area contributed by atoms with Crippen molar-refractivity contribution in [1.82, 2.24) is 9.97 Å². The standard InChI is InChI=1S/C11H18N4O3/c1-8-14-9(12-4-5-17-2)6-10(15-8)13-7-11(16)18-3/h6H,4-5,7H2,1-3H3,(H2,12,13,14,15). The number of esters is 1. The molecule has 0 unspecified atom stereocenters. The number of nitrogens with one attached hydrogen (secondary N) is 2. The lowest BCUT2D eigenvalue weighted by Gasteiger charge is -2.09. The second kappa shape index (κ2) is 7.44. The molecule has 7 nitrogen and oxygen atoms in total. The van der Waals surface area contributed by atoms with Crippen molar-refractivity contribution in [3.63, 3.8) is 0 Å². The van der Waals surface area contributed by atoms with Crippen LogP contribution in [0.4, 0.5) is 11.6 Å². The van der Waals surface area contributed by atoms with Gasteiger partial charge in [-0.3, -0.25) is 4.79 Å². The van der Waals surface area contributed by atoms with Crippen LogP contribution in [0.3, 0.4) is 0 Å². The Labute approximate surface area is 106 Å².